The first-order valence-corrected chi connectivity index (χ1v) is 9.64. The van der Waals surface area contributed by atoms with Crippen LogP contribution in [0.2, 0.25) is 0 Å². The van der Waals surface area contributed by atoms with Crippen LogP contribution in [0.1, 0.15) is 13.8 Å². The maximum atomic E-state index is 14.2. The molecule has 28 heavy (non-hydrogen) atoms. The second-order valence-electron chi connectivity index (χ2n) is 6.63. The largest absolute Gasteiger partial charge is 0.394 e. The predicted molar refractivity (Wildman–Crippen MR) is 112 cm³/mol. The van der Waals surface area contributed by atoms with E-state index in [1.165, 1.54) is 6.07 Å². The minimum absolute atomic E-state index is 0.0533. The number of rotatable bonds is 7. The normalized spacial score (nSPS) is 12.1. The van der Waals surface area contributed by atoms with Gasteiger partial charge in [-0.2, -0.15) is 4.98 Å². The summed E-state index contributed by atoms with van der Waals surface area (Å²) in [5.41, 5.74) is 1.73. The average molecular weight is 446 g/mol. The molecule has 6 nitrogen and oxygen atoms in total. The van der Waals surface area contributed by atoms with Crippen LogP contribution < -0.4 is 10.6 Å². The molecule has 0 unspecified atom stereocenters. The molecule has 2 aromatic heterocycles. The molecule has 0 amide bonds. The molecule has 146 valence electrons. The smallest absolute Gasteiger partial charge is 0.225 e. The summed E-state index contributed by atoms with van der Waals surface area (Å²) in [6.07, 6.45) is 3.38. The molecule has 2 heterocycles. The molecular formula is C20H21BrFN5O. The molecule has 3 rings (SSSR count). The minimum atomic E-state index is -0.402. The van der Waals surface area contributed by atoms with Gasteiger partial charge in [0.1, 0.15) is 11.6 Å². The lowest BCUT2D eigenvalue weighted by Crippen LogP contribution is -2.30. The van der Waals surface area contributed by atoms with Crippen molar-refractivity contribution in [2.45, 2.75) is 19.9 Å². The summed E-state index contributed by atoms with van der Waals surface area (Å²) in [6.45, 7) is 3.94. The van der Waals surface area contributed by atoms with E-state index in [4.69, 9.17) is 0 Å². The van der Waals surface area contributed by atoms with Gasteiger partial charge < -0.3 is 15.7 Å². The molecule has 0 aliphatic carbocycles. The summed E-state index contributed by atoms with van der Waals surface area (Å²) < 4.78 is 14.9. The second kappa shape index (κ2) is 9.07. The fraction of sp³-hybridized carbons (Fsp3) is 0.250. The Labute approximate surface area is 171 Å². The minimum Gasteiger partial charge on any atom is -0.394 e. The van der Waals surface area contributed by atoms with Gasteiger partial charge in [0.15, 0.2) is 0 Å². The first-order valence-electron chi connectivity index (χ1n) is 8.85. The van der Waals surface area contributed by atoms with Gasteiger partial charge >= 0.3 is 0 Å². The van der Waals surface area contributed by atoms with Crippen LogP contribution in [0.15, 0.2) is 53.3 Å². The number of hydrogen-bond acceptors (Lipinski definition) is 6. The summed E-state index contributed by atoms with van der Waals surface area (Å²) in [7, 11) is 0. The fourth-order valence-corrected chi connectivity index (χ4v) is 2.89. The Hall–Kier alpha value is -2.58. The molecule has 0 aliphatic heterocycles. The summed E-state index contributed by atoms with van der Waals surface area (Å²) in [4.78, 5) is 13.1. The van der Waals surface area contributed by atoms with E-state index >= 15 is 0 Å². The number of pyridine rings is 1. The number of benzene rings is 1. The van der Waals surface area contributed by atoms with E-state index in [1.54, 1.807) is 30.6 Å². The van der Waals surface area contributed by atoms with Gasteiger partial charge in [-0.05, 0) is 36.2 Å². The molecule has 0 saturated heterocycles. The van der Waals surface area contributed by atoms with Crippen molar-refractivity contribution in [3.8, 4) is 11.3 Å². The summed E-state index contributed by atoms with van der Waals surface area (Å²) in [5.74, 6) is 0.545. The Balaban J connectivity index is 1.99. The number of aliphatic hydroxyl groups excluding tert-OH is 1. The van der Waals surface area contributed by atoms with E-state index in [-0.39, 0.29) is 18.6 Å². The number of nitrogens with zero attached hydrogens (tertiary/aromatic N) is 3. The zero-order valence-electron chi connectivity index (χ0n) is 15.5. The fourth-order valence-electron chi connectivity index (χ4n) is 2.56. The van der Waals surface area contributed by atoms with E-state index in [2.05, 4.69) is 41.5 Å². The molecule has 0 spiro atoms. The van der Waals surface area contributed by atoms with Gasteiger partial charge in [-0.25, -0.2) is 9.37 Å². The van der Waals surface area contributed by atoms with Crippen molar-refractivity contribution in [2.24, 2.45) is 5.92 Å². The van der Waals surface area contributed by atoms with Crippen LogP contribution in [0.4, 0.5) is 21.8 Å². The van der Waals surface area contributed by atoms with Gasteiger partial charge in [0.05, 0.1) is 24.0 Å². The van der Waals surface area contributed by atoms with E-state index in [9.17, 15) is 9.50 Å². The van der Waals surface area contributed by atoms with Crippen LogP contribution in [0.3, 0.4) is 0 Å². The van der Waals surface area contributed by atoms with Gasteiger partial charge in [0, 0.05) is 28.5 Å². The Morgan fingerprint density at radius 3 is 2.64 bits per heavy atom. The molecule has 0 radical (unpaired) electrons. The molecule has 0 saturated carbocycles. The number of halogens is 2. The second-order valence-corrected chi connectivity index (χ2v) is 7.55. The lowest BCUT2D eigenvalue weighted by molar-refractivity contribution is 0.248. The number of nitrogens with one attached hydrogen (secondary N) is 2. The van der Waals surface area contributed by atoms with E-state index < -0.39 is 5.82 Å². The standard InChI is InChI=1S/C20H21BrFN5O/c1-12(2)18(11-28)26-20-25-17(13-4-3-7-23-10-13)9-19(27-20)24-16-6-5-14(21)8-15(16)22/h3-10,12,18,28H,11H2,1-2H3,(H2,24,25,26,27)/t18-/m1/s1. The highest BCUT2D eigenvalue weighted by molar-refractivity contribution is 9.10. The van der Waals surface area contributed by atoms with Crippen LogP contribution in [-0.2, 0) is 0 Å². The third kappa shape index (κ3) is 5.02. The van der Waals surface area contributed by atoms with Crippen LogP contribution in [0.5, 0.6) is 0 Å². The highest BCUT2D eigenvalue weighted by atomic mass is 79.9. The molecule has 8 heteroatoms. The molecule has 0 bridgehead atoms. The summed E-state index contributed by atoms with van der Waals surface area (Å²) in [5, 5.41) is 15.8. The van der Waals surface area contributed by atoms with Crippen molar-refractivity contribution in [2.75, 3.05) is 17.2 Å². The van der Waals surface area contributed by atoms with Crippen LogP contribution in [0, 0.1) is 11.7 Å². The SMILES string of the molecule is CC(C)[C@@H](CO)Nc1nc(Nc2ccc(Br)cc2F)cc(-c2cccnc2)n1. The highest BCUT2D eigenvalue weighted by Crippen LogP contribution is 2.26. The van der Waals surface area contributed by atoms with Gasteiger partial charge in [-0.15, -0.1) is 0 Å². The average Bonchev–Trinajstić information content (AvgIpc) is 2.68. The molecule has 3 N–H and O–H groups in total. The monoisotopic (exact) mass is 445 g/mol. The highest BCUT2D eigenvalue weighted by Gasteiger charge is 2.15. The van der Waals surface area contributed by atoms with Crippen LogP contribution in [0.25, 0.3) is 11.3 Å². The number of hydrogen-bond donors (Lipinski definition) is 3. The van der Waals surface area contributed by atoms with Gasteiger partial charge in [0.2, 0.25) is 5.95 Å². The van der Waals surface area contributed by atoms with Crippen molar-refractivity contribution in [3.05, 3.63) is 59.1 Å². The Kier molecular flexibility index (Phi) is 6.53. The Morgan fingerprint density at radius 1 is 1.18 bits per heavy atom. The van der Waals surface area contributed by atoms with Crippen molar-refractivity contribution < 1.29 is 9.50 Å². The van der Waals surface area contributed by atoms with Gasteiger partial charge in [-0.1, -0.05) is 29.8 Å². The lowest BCUT2D eigenvalue weighted by atomic mass is 10.1. The first kappa shape index (κ1) is 20.2. The van der Waals surface area contributed by atoms with Crippen molar-refractivity contribution in [1.82, 2.24) is 15.0 Å². The van der Waals surface area contributed by atoms with E-state index in [1.807, 2.05) is 26.0 Å². The maximum Gasteiger partial charge on any atom is 0.225 e. The zero-order valence-corrected chi connectivity index (χ0v) is 17.1. The van der Waals surface area contributed by atoms with Crippen LogP contribution >= 0.6 is 15.9 Å². The molecule has 0 fully saturated rings. The predicted octanol–water partition coefficient (Wildman–Crippen LogP) is 4.61. The van der Waals surface area contributed by atoms with E-state index in [0.29, 0.717) is 27.6 Å². The molecule has 1 atom stereocenters. The molecule has 3 aromatic rings. The molecular weight excluding hydrogens is 425 g/mol. The van der Waals surface area contributed by atoms with Crippen molar-refractivity contribution >= 4 is 33.4 Å². The third-order valence-electron chi connectivity index (χ3n) is 4.19. The lowest BCUT2D eigenvalue weighted by Gasteiger charge is -2.20. The molecule has 0 aliphatic rings. The maximum absolute atomic E-state index is 14.2. The molecule has 1 aromatic carbocycles. The first-order chi connectivity index (χ1) is 13.5. The van der Waals surface area contributed by atoms with Gasteiger partial charge in [-0.3, -0.25) is 4.98 Å². The summed E-state index contributed by atoms with van der Waals surface area (Å²) >= 11 is 3.25. The van der Waals surface area contributed by atoms with Crippen molar-refractivity contribution in [1.29, 1.82) is 0 Å². The third-order valence-corrected chi connectivity index (χ3v) is 4.69. The topological polar surface area (TPSA) is 83.0 Å². The Bertz CT molecular complexity index is 939. The number of anilines is 3. The number of aromatic nitrogens is 3. The quantitative estimate of drug-likeness (QED) is 0.492. The van der Waals surface area contributed by atoms with Gasteiger partial charge in [0.25, 0.3) is 0 Å². The van der Waals surface area contributed by atoms with Crippen molar-refractivity contribution in [3.63, 3.8) is 0 Å². The van der Waals surface area contributed by atoms with E-state index in [0.717, 1.165) is 5.56 Å². The Morgan fingerprint density at radius 2 is 2.00 bits per heavy atom. The van der Waals surface area contributed by atoms with Crippen LogP contribution in [-0.4, -0.2) is 32.7 Å². The zero-order chi connectivity index (χ0) is 20.1. The summed E-state index contributed by atoms with van der Waals surface area (Å²) in [6, 6.07) is 9.97. The number of aliphatic hydroxyl groups is 1.